The second-order valence-electron chi connectivity index (χ2n) is 7.82. The molecule has 3 aromatic rings. The van der Waals surface area contributed by atoms with E-state index in [4.69, 9.17) is 14.2 Å². The van der Waals surface area contributed by atoms with Crippen molar-refractivity contribution in [2.75, 3.05) is 69.9 Å². The maximum absolute atomic E-state index is 13.0. The van der Waals surface area contributed by atoms with Gasteiger partial charge in [-0.25, -0.2) is 9.97 Å². The van der Waals surface area contributed by atoms with Crippen LogP contribution in [0.4, 0.5) is 10.9 Å². The molecular formula is C22H26N6O4S. The molecule has 2 aliphatic heterocycles. The number of nitrogens with one attached hydrogen (secondary N) is 1. The molecule has 1 amide bonds. The van der Waals surface area contributed by atoms with Crippen molar-refractivity contribution in [3.8, 4) is 5.75 Å². The van der Waals surface area contributed by atoms with Crippen LogP contribution in [0.5, 0.6) is 5.75 Å². The van der Waals surface area contributed by atoms with Crippen LogP contribution in [0.2, 0.25) is 0 Å². The van der Waals surface area contributed by atoms with Crippen LogP contribution in [0.25, 0.3) is 10.2 Å². The molecule has 0 bridgehead atoms. The smallest absolute Gasteiger partial charge is 0.257 e. The van der Waals surface area contributed by atoms with Crippen molar-refractivity contribution in [3.05, 3.63) is 35.8 Å². The Labute approximate surface area is 195 Å². The maximum Gasteiger partial charge on any atom is 0.257 e. The zero-order valence-electron chi connectivity index (χ0n) is 18.5. The Morgan fingerprint density at radius 1 is 1.15 bits per heavy atom. The molecule has 1 N–H and O–H groups in total. The third kappa shape index (κ3) is 4.91. The highest BCUT2D eigenvalue weighted by Crippen LogP contribution is 2.38. The third-order valence-corrected chi connectivity index (χ3v) is 6.65. The summed E-state index contributed by atoms with van der Waals surface area (Å²) in [5, 5.41) is 3.44. The van der Waals surface area contributed by atoms with Gasteiger partial charge in [0.15, 0.2) is 10.9 Å². The predicted octanol–water partition coefficient (Wildman–Crippen LogP) is 2.02. The van der Waals surface area contributed by atoms with Crippen LogP contribution >= 0.6 is 11.3 Å². The lowest BCUT2D eigenvalue weighted by Crippen LogP contribution is -2.36. The lowest BCUT2D eigenvalue weighted by atomic mass is 10.2. The molecule has 0 spiro atoms. The third-order valence-electron chi connectivity index (χ3n) is 5.69. The first-order valence-electron chi connectivity index (χ1n) is 10.9. The summed E-state index contributed by atoms with van der Waals surface area (Å²) >= 11 is 1.40. The first-order valence-corrected chi connectivity index (χ1v) is 11.8. The number of thiazole rings is 1. The minimum Gasteiger partial charge on any atom is -0.493 e. The number of morpholine rings is 2. The highest BCUT2D eigenvalue weighted by Gasteiger charge is 2.21. The number of fused-ring (bicyclic) bond motifs is 1. The molecule has 11 heteroatoms. The molecular weight excluding hydrogens is 444 g/mol. The molecule has 5 heterocycles. The fraction of sp³-hybridized carbons (Fsp3) is 0.455. The number of carbonyl (C=O) groups is 1. The van der Waals surface area contributed by atoms with E-state index in [1.807, 2.05) is 6.07 Å². The lowest BCUT2D eigenvalue weighted by Gasteiger charge is -2.28. The molecule has 2 fully saturated rings. The Morgan fingerprint density at radius 2 is 1.91 bits per heavy atom. The quantitative estimate of drug-likeness (QED) is 0.580. The predicted molar refractivity (Wildman–Crippen MR) is 125 cm³/mol. The molecule has 5 rings (SSSR count). The summed E-state index contributed by atoms with van der Waals surface area (Å²) in [7, 11) is 1.59. The van der Waals surface area contributed by atoms with Crippen molar-refractivity contribution < 1.29 is 19.0 Å². The summed E-state index contributed by atoms with van der Waals surface area (Å²) in [6, 6.07) is 3.55. The molecule has 3 aromatic heterocycles. The average molecular weight is 471 g/mol. The van der Waals surface area contributed by atoms with Crippen LogP contribution in [0, 0.1) is 0 Å². The van der Waals surface area contributed by atoms with Gasteiger partial charge < -0.3 is 19.1 Å². The van der Waals surface area contributed by atoms with Crippen molar-refractivity contribution in [1.82, 2.24) is 19.9 Å². The molecule has 0 radical (unpaired) electrons. The van der Waals surface area contributed by atoms with Crippen molar-refractivity contribution >= 4 is 38.4 Å². The Morgan fingerprint density at radius 3 is 2.67 bits per heavy atom. The van der Waals surface area contributed by atoms with Crippen LogP contribution in [-0.2, 0) is 16.0 Å². The van der Waals surface area contributed by atoms with Crippen molar-refractivity contribution in [2.45, 2.75) is 6.54 Å². The first kappa shape index (κ1) is 22.0. The summed E-state index contributed by atoms with van der Waals surface area (Å²) < 4.78 is 17.2. The van der Waals surface area contributed by atoms with E-state index >= 15 is 0 Å². The van der Waals surface area contributed by atoms with E-state index < -0.39 is 0 Å². The topological polar surface area (TPSA) is 102 Å². The highest BCUT2D eigenvalue weighted by atomic mass is 32.1. The number of aromatic nitrogens is 3. The number of ether oxygens (including phenoxy) is 3. The number of rotatable bonds is 6. The Balaban J connectivity index is 1.36. The number of hydrogen-bond donors (Lipinski definition) is 1. The standard InChI is InChI=1S/C22H26N6O4S/c1-30-17-13-24-20(28-6-10-32-11-7-28)19-18(17)25-22(33-19)26-21(29)15-2-3-23-16(12-15)14-27-4-8-31-9-5-27/h2-3,12-13H,4-11,14H2,1H3,(H,25,26,29). The van der Waals surface area contributed by atoms with Gasteiger partial charge in [-0.15, -0.1) is 0 Å². The summed E-state index contributed by atoms with van der Waals surface area (Å²) in [6.07, 6.45) is 3.35. The molecule has 10 nitrogen and oxygen atoms in total. The van der Waals surface area contributed by atoms with Gasteiger partial charge in [-0.2, -0.15) is 0 Å². The second kappa shape index (κ2) is 9.96. The largest absolute Gasteiger partial charge is 0.493 e. The van der Waals surface area contributed by atoms with Gasteiger partial charge in [0.25, 0.3) is 5.91 Å². The highest BCUT2D eigenvalue weighted by molar-refractivity contribution is 7.23. The van der Waals surface area contributed by atoms with E-state index in [9.17, 15) is 4.79 Å². The number of anilines is 2. The number of carbonyl (C=O) groups excluding carboxylic acids is 1. The van der Waals surface area contributed by atoms with Gasteiger partial charge in [-0.05, 0) is 12.1 Å². The number of nitrogens with zero attached hydrogens (tertiary/aromatic N) is 5. The molecule has 2 saturated heterocycles. The van der Waals surface area contributed by atoms with Crippen molar-refractivity contribution in [1.29, 1.82) is 0 Å². The van der Waals surface area contributed by atoms with E-state index in [1.165, 1.54) is 11.3 Å². The summed E-state index contributed by atoms with van der Waals surface area (Å²) in [6.45, 7) is 6.71. The normalized spacial score (nSPS) is 17.3. The van der Waals surface area contributed by atoms with Gasteiger partial charge in [0, 0.05) is 44.5 Å². The molecule has 0 atom stereocenters. The molecule has 174 valence electrons. The molecule has 0 saturated carbocycles. The Bertz CT molecular complexity index is 1130. The number of pyridine rings is 2. The van der Waals surface area contributed by atoms with E-state index in [-0.39, 0.29) is 5.91 Å². The van der Waals surface area contributed by atoms with E-state index in [1.54, 1.807) is 25.6 Å². The summed E-state index contributed by atoms with van der Waals surface area (Å²) in [5.74, 6) is 1.19. The second-order valence-corrected chi connectivity index (χ2v) is 8.82. The van der Waals surface area contributed by atoms with Gasteiger partial charge in [-0.1, -0.05) is 11.3 Å². The molecule has 0 aromatic carbocycles. The number of amides is 1. The monoisotopic (exact) mass is 470 g/mol. The SMILES string of the molecule is COc1cnc(N2CCOCC2)c2sc(NC(=O)c3ccnc(CN4CCOCC4)c3)nc12. The maximum atomic E-state index is 13.0. The van der Waals surface area contributed by atoms with Crippen LogP contribution in [0.15, 0.2) is 24.5 Å². The Kier molecular flexibility index (Phi) is 6.63. The number of hydrogen-bond acceptors (Lipinski definition) is 10. The lowest BCUT2D eigenvalue weighted by molar-refractivity contribution is 0.0336. The van der Waals surface area contributed by atoms with Crippen LogP contribution in [0.1, 0.15) is 16.1 Å². The van der Waals surface area contributed by atoms with Gasteiger partial charge >= 0.3 is 0 Å². The fourth-order valence-electron chi connectivity index (χ4n) is 3.95. The fourth-order valence-corrected chi connectivity index (χ4v) is 4.94. The van der Waals surface area contributed by atoms with Crippen molar-refractivity contribution in [2.24, 2.45) is 0 Å². The average Bonchev–Trinajstić information content (AvgIpc) is 3.28. The van der Waals surface area contributed by atoms with Crippen LogP contribution in [-0.4, -0.2) is 85.5 Å². The zero-order chi connectivity index (χ0) is 22.6. The van der Waals surface area contributed by atoms with E-state index in [0.29, 0.717) is 41.7 Å². The zero-order valence-corrected chi connectivity index (χ0v) is 19.3. The molecule has 33 heavy (non-hydrogen) atoms. The number of methoxy groups -OCH3 is 1. The van der Waals surface area contributed by atoms with E-state index in [2.05, 4.69) is 30.1 Å². The molecule has 0 unspecified atom stereocenters. The van der Waals surface area contributed by atoms with Gasteiger partial charge in [0.1, 0.15) is 16.0 Å². The summed E-state index contributed by atoms with van der Waals surface area (Å²) in [5.41, 5.74) is 2.09. The van der Waals surface area contributed by atoms with Crippen molar-refractivity contribution in [3.63, 3.8) is 0 Å². The van der Waals surface area contributed by atoms with Crippen LogP contribution in [0.3, 0.4) is 0 Å². The molecule has 2 aliphatic rings. The molecule has 0 aliphatic carbocycles. The van der Waals surface area contributed by atoms with E-state index in [0.717, 1.165) is 55.6 Å². The van der Waals surface area contributed by atoms with Gasteiger partial charge in [-0.3, -0.25) is 20.0 Å². The minimum absolute atomic E-state index is 0.223. The van der Waals surface area contributed by atoms with Gasteiger partial charge in [0.2, 0.25) is 0 Å². The van der Waals surface area contributed by atoms with Gasteiger partial charge in [0.05, 0.1) is 45.4 Å². The summed E-state index contributed by atoms with van der Waals surface area (Å²) in [4.78, 5) is 31.1. The first-order chi connectivity index (χ1) is 16.2. The Hall–Kier alpha value is -2.86. The van der Waals surface area contributed by atoms with Crippen LogP contribution < -0.4 is 15.0 Å². The minimum atomic E-state index is -0.223.